The number of hydrogen-bond donors (Lipinski definition) is 3. The van der Waals surface area contributed by atoms with Crippen molar-refractivity contribution in [2.75, 3.05) is 29.2 Å². The third-order valence-corrected chi connectivity index (χ3v) is 6.19. The predicted octanol–water partition coefficient (Wildman–Crippen LogP) is 4.81. The number of benzene rings is 2. The number of rotatable bonds is 5. The molecule has 0 unspecified atom stereocenters. The normalized spacial score (nSPS) is 16.9. The van der Waals surface area contributed by atoms with Crippen molar-refractivity contribution in [1.82, 2.24) is 5.32 Å². The molecule has 1 atom stereocenters. The molecule has 7 nitrogen and oxygen atoms in total. The molecule has 0 aromatic heterocycles. The second-order valence-corrected chi connectivity index (χ2v) is 8.48. The lowest BCUT2D eigenvalue weighted by Crippen LogP contribution is -2.34. The lowest BCUT2D eigenvalue weighted by Gasteiger charge is -2.33. The molecule has 2 aromatic carbocycles. The van der Waals surface area contributed by atoms with E-state index in [1.165, 1.54) is 25.3 Å². The topological polar surface area (TPSA) is 82.7 Å². The van der Waals surface area contributed by atoms with Gasteiger partial charge in [0.2, 0.25) is 0 Å². The summed E-state index contributed by atoms with van der Waals surface area (Å²) in [6, 6.07) is 9.73. The molecule has 8 heteroatoms. The standard InChI is InChI=1S/C24H29FN4O3/c1-15(16-8-11-22-20(12-16)28-23(30)14-32-22)26-24(31)27-17-9-10-21(19(25)13-17)29(2)18-6-4-3-5-7-18/h8-13,15,18H,3-7,14H2,1-2H3,(H,28,30)(H2,26,27,31)/t15-/m0/s1. The third kappa shape index (κ3) is 4.95. The Kier molecular flexibility index (Phi) is 6.48. The van der Waals surface area contributed by atoms with Gasteiger partial charge < -0.3 is 25.6 Å². The molecule has 3 amide bonds. The summed E-state index contributed by atoms with van der Waals surface area (Å²) in [7, 11) is 1.93. The van der Waals surface area contributed by atoms with Crippen LogP contribution in [-0.4, -0.2) is 31.6 Å². The van der Waals surface area contributed by atoms with Gasteiger partial charge in [0.15, 0.2) is 6.61 Å². The molecule has 1 heterocycles. The van der Waals surface area contributed by atoms with Crippen LogP contribution in [0.3, 0.4) is 0 Å². The first-order valence-corrected chi connectivity index (χ1v) is 11.1. The molecule has 3 N–H and O–H groups in total. The minimum atomic E-state index is -0.441. The van der Waals surface area contributed by atoms with Gasteiger partial charge in [-0.1, -0.05) is 25.3 Å². The largest absolute Gasteiger partial charge is 0.482 e. The summed E-state index contributed by atoms with van der Waals surface area (Å²) in [6.07, 6.45) is 5.76. The highest BCUT2D eigenvalue weighted by Crippen LogP contribution is 2.31. The second kappa shape index (κ2) is 9.46. The van der Waals surface area contributed by atoms with E-state index in [0.29, 0.717) is 28.9 Å². The number of carbonyl (C=O) groups is 2. The zero-order chi connectivity index (χ0) is 22.7. The maximum atomic E-state index is 14.8. The van der Waals surface area contributed by atoms with Crippen molar-refractivity contribution in [1.29, 1.82) is 0 Å². The van der Waals surface area contributed by atoms with E-state index < -0.39 is 6.03 Å². The molecule has 1 aliphatic carbocycles. The number of nitrogens with one attached hydrogen (secondary N) is 3. The van der Waals surface area contributed by atoms with Crippen LogP contribution >= 0.6 is 0 Å². The van der Waals surface area contributed by atoms with Gasteiger partial charge in [0.05, 0.1) is 17.4 Å². The Morgan fingerprint density at radius 3 is 2.72 bits per heavy atom. The summed E-state index contributed by atoms with van der Waals surface area (Å²) in [4.78, 5) is 26.0. The zero-order valence-electron chi connectivity index (χ0n) is 18.4. The van der Waals surface area contributed by atoms with Gasteiger partial charge in [-0.25, -0.2) is 9.18 Å². The van der Waals surface area contributed by atoms with Crippen LogP contribution in [0.15, 0.2) is 36.4 Å². The molecule has 170 valence electrons. The molecule has 1 saturated carbocycles. The number of nitrogens with zero attached hydrogens (tertiary/aromatic N) is 1. The van der Waals surface area contributed by atoms with Gasteiger partial charge >= 0.3 is 6.03 Å². The van der Waals surface area contributed by atoms with E-state index in [-0.39, 0.29) is 24.4 Å². The number of carbonyl (C=O) groups excluding carboxylic acids is 2. The molecular weight excluding hydrogens is 411 g/mol. The molecule has 1 fully saturated rings. The van der Waals surface area contributed by atoms with Gasteiger partial charge in [0.25, 0.3) is 5.91 Å². The molecule has 0 spiro atoms. The molecule has 2 aromatic rings. The SMILES string of the molecule is C[C@H](NC(=O)Nc1ccc(N(C)C2CCCCC2)c(F)c1)c1ccc2c(c1)NC(=O)CO2. The Bertz CT molecular complexity index is 1010. The van der Waals surface area contributed by atoms with Gasteiger partial charge in [0.1, 0.15) is 11.6 Å². The van der Waals surface area contributed by atoms with Crippen molar-refractivity contribution < 1.29 is 18.7 Å². The van der Waals surface area contributed by atoms with Crippen molar-refractivity contribution in [3.05, 3.63) is 47.8 Å². The quantitative estimate of drug-likeness (QED) is 0.623. The second-order valence-electron chi connectivity index (χ2n) is 8.48. The number of amides is 3. The number of halogens is 1. The smallest absolute Gasteiger partial charge is 0.319 e. The average Bonchev–Trinajstić information content (AvgIpc) is 2.78. The van der Waals surface area contributed by atoms with Gasteiger partial charge in [-0.3, -0.25) is 4.79 Å². The third-order valence-electron chi connectivity index (χ3n) is 6.19. The van der Waals surface area contributed by atoms with Crippen molar-refractivity contribution in [2.24, 2.45) is 0 Å². The maximum Gasteiger partial charge on any atom is 0.319 e. The van der Waals surface area contributed by atoms with E-state index >= 15 is 0 Å². The molecule has 32 heavy (non-hydrogen) atoms. The molecular formula is C24H29FN4O3. The van der Waals surface area contributed by atoms with Gasteiger partial charge in [0, 0.05) is 18.8 Å². The molecule has 4 rings (SSSR count). The lowest BCUT2D eigenvalue weighted by atomic mass is 9.94. The Labute approximate surface area is 187 Å². The molecule has 0 saturated heterocycles. The summed E-state index contributed by atoms with van der Waals surface area (Å²) in [5.74, 6) is 0.0284. The van der Waals surface area contributed by atoms with Gasteiger partial charge in [-0.15, -0.1) is 0 Å². The summed E-state index contributed by atoms with van der Waals surface area (Å²) in [5.41, 5.74) is 2.32. The highest BCUT2D eigenvalue weighted by Gasteiger charge is 2.21. The number of fused-ring (bicyclic) bond motifs is 1. The fourth-order valence-electron chi connectivity index (χ4n) is 4.35. The van der Waals surface area contributed by atoms with E-state index in [9.17, 15) is 14.0 Å². The van der Waals surface area contributed by atoms with Crippen LogP contribution < -0.4 is 25.6 Å². The zero-order valence-corrected chi connectivity index (χ0v) is 18.4. The van der Waals surface area contributed by atoms with Crippen LogP contribution in [0.5, 0.6) is 5.75 Å². The first-order valence-electron chi connectivity index (χ1n) is 11.1. The highest BCUT2D eigenvalue weighted by molar-refractivity contribution is 5.95. The van der Waals surface area contributed by atoms with Crippen LogP contribution in [0.2, 0.25) is 0 Å². The van der Waals surface area contributed by atoms with E-state index in [2.05, 4.69) is 16.0 Å². The van der Waals surface area contributed by atoms with E-state index in [0.717, 1.165) is 18.4 Å². The maximum absolute atomic E-state index is 14.8. The summed E-state index contributed by atoms with van der Waals surface area (Å²) in [5, 5.41) is 8.28. The lowest BCUT2D eigenvalue weighted by molar-refractivity contribution is -0.118. The molecule has 1 aliphatic heterocycles. The monoisotopic (exact) mass is 440 g/mol. The molecule has 0 radical (unpaired) electrons. The minimum Gasteiger partial charge on any atom is -0.482 e. The van der Waals surface area contributed by atoms with Crippen molar-refractivity contribution in [3.8, 4) is 5.75 Å². The van der Waals surface area contributed by atoms with Crippen molar-refractivity contribution in [2.45, 2.75) is 51.1 Å². The average molecular weight is 441 g/mol. The first kappa shape index (κ1) is 21.9. The highest BCUT2D eigenvalue weighted by atomic mass is 19.1. The summed E-state index contributed by atoms with van der Waals surface area (Å²) in [6.45, 7) is 1.82. The fourth-order valence-corrected chi connectivity index (χ4v) is 4.35. The molecule has 0 bridgehead atoms. The van der Waals surface area contributed by atoms with Gasteiger partial charge in [-0.05, 0) is 55.7 Å². The summed E-state index contributed by atoms with van der Waals surface area (Å²) < 4.78 is 20.1. The Morgan fingerprint density at radius 1 is 1.19 bits per heavy atom. The number of hydrogen-bond acceptors (Lipinski definition) is 4. The van der Waals surface area contributed by atoms with Gasteiger partial charge in [-0.2, -0.15) is 0 Å². The van der Waals surface area contributed by atoms with Crippen molar-refractivity contribution in [3.63, 3.8) is 0 Å². The van der Waals surface area contributed by atoms with Crippen molar-refractivity contribution >= 4 is 29.0 Å². The molecule has 2 aliphatic rings. The van der Waals surface area contributed by atoms with E-state index in [4.69, 9.17) is 4.74 Å². The van der Waals surface area contributed by atoms with Crippen LogP contribution in [0.25, 0.3) is 0 Å². The number of anilines is 3. The fraction of sp³-hybridized carbons (Fsp3) is 0.417. The minimum absolute atomic E-state index is 0.00560. The van der Waals surface area contributed by atoms with Crippen LogP contribution in [0.4, 0.5) is 26.2 Å². The van der Waals surface area contributed by atoms with Crippen LogP contribution in [0, 0.1) is 5.82 Å². The van der Waals surface area contributed by atoms with E-state index in [1.807, 2.05) is 24.9 Å². The summed E-state index contributed by atoms with van der Waals surface area (Å²) >= 11 is 0. The Morgan fingerprint density at radius 2 is 1.97 bits per heavy atom. The Balaban J connectivity index is 1.37. The van der Waals surface area contributed by atoms with Crippen LogP contribution in [-0.2, 0) is 4.79 Å². The number of urea groups is 1. The first-order chi connectivity index (χ1) is 15.4. The van der Waals surface area contributed by atoms with Crippen LogP contribution in [0.1, 0.15) is 50.6 Å². The Hall–Kier alpha value is -3.29. The predicted molar refractivity (Wildman–Crippen MR) is 123 cm³/mol. The number of ether oxygens (including phenoxy) is 1. The van der Waals surface area contributed by atoms with E-state index in [1.54, 1.807) is 24.3 Å².